The number of aromatic nitrogens is 2. The van der Waals surface area contributed by atoms with Crippen LogP contribution in [0, 0.1) is 29.4 Å². The molecule has 8 nitrogen and oxygen atoms in total. The zero-order valence-corrected chi connectivity index (χ0v) is 27.5. The van der Waals surface area contributed by atoms with E-state index < -0.39 is 11.6 Å². The van der Waals surface area contributed by atoms with Crippen molar-refractivity contribution in [3.63, 3.8) is 0 Å². The Morgan fingerprint density at radius 3 is 2.49 bits per heavy atom. The summed E-state index contributed by atoms with van der Waals surface area (Å²) in [4.78, 5) is 14.2. The van der Waals surface area contributed by atoms with Crippen LogP contribution in [0.5, 0.6) is 11.8 Å². The van der Waals surface area contributed by atoms with Gasteiger partial charge in [-0.05, 0) is 81.0 Å². The fraction of sp³-hybridized carbons (Fsp3) is 0.487. The molecular formula is C39H41F2N5O3. The average Bonchev–Trinajstić information content (AvgIpc) is 3.77. The lowest BCUT2D eigenvalue weighted by Gasteiger charge is -2.49. The number of piperidine rings is 2. The molecule has 0 radical (unpaired) electrons. The van der Waals surface area contributed by atoms with Crippen molar-refractivity contribution in [2.45, 2.75) is 88.1 Å². The number of terminal acetylenes is 1. The van der Waals surface area contributed by atoms with Crippen molar-refractivity contribution in [1.82, 2.24) is 20.2 Å². The first-order valence-electron chi connectivity index (χ1n) is 17.8. The summed E-state index contributed by atoms with van der Waals surface area (Å²) in [5.41, 5.74) is 0.266. The second-order valence-electron chi connectivity index (χ2n) is 15.2. The van der Waals surface area contributed by atoms with E-state index in [9.17, 15) is 10.2 Å². The van der Waals surface area contributed by atoms with Crippen LogP contribution in [0.3, 0.4) is 0 Å². The number of nitrogens with one attached hydrogen (secondary N) is 1. The number of rotatable bonds is 7. The summed E-state index contributed by atoms with van der Waals surface area (Å²) in [6, 6.07) is 10.9. The monoisotopic (exact) mass is 665 g/mol. The minimum absolute atomic E-state index is 0.0265. The number of piperazine rings is 1. The maximum atomic E-state index is 17.0. The highest BCUT2D eigenvalue weighted by Gasteiger charge is 2.49. The third-order valence-electron chi connectivity index (χ3n) is 11.8. The molecule has 3 aromatic carbocycles. The topological polar surface area (TPSA) is 94.0 Å². The number of aliphatic hydroxyl groups is 1. The van der Waals surface area contributed by atoms with Crippen LogP contribution in [-0.2, 0) is 0 Å². The minimum Gasteiger partial charge on any atom is -0.508 e. The van der Waals surface area contributed by atoms with Crippen LogP contribution < -0.4 is 15.0 Å². The zero-order chi connectivity index (χ0) is 33.4. The maximum absolute atomic E-state index is 17.0. The Bertz CT molecular complexity index is 1990. The summed E-state index contributed by atoms with van der Waals surface area (Å²) in [7, 11) is 0. The van der Waals surface area contributed by atoms with Crippen molar-refractivity contribution in [2.24, 2.45) is 5.41 Å². The first kappa shape index (κ1) is 31.0. The number of nitrogens with zero attached hydrogens (tertiary/aromatic N) is 4. The lowest BCUT2D eigenvalue weighted by molar-refractivity contribution is -0.0400. The smallest absolute Gasteiger partial charge is 0.319 e. The number of hydrogen-bond donors (Lipinski definition) is 3. The lowest BCUT2D eigenvalue weighted by atomic mass is 9.82. The van der Waals surface area contributed by atoms with Gasteiger partial charge in [0.05, 0.1) is 18.3 Å². The first-order chi connectivity index (χ1) is 23.8. The van der Waals surface area contributed by atoms with E-state index in [-0.39, 0.29) is 57.4 Å². The predicted octanol–water partition coefficient (Wildman–Crippen LogP) is 5.89. The standard InChI is InChI=1S/C39H41F2N5O3/c1-2-22-5-3-6-23-13-28(47)16-30(33(22)23)34-32(40)17-31-36(35(34)41)43-38(44-37(31)45-18-24-9-10-25(19-45)42-24)49-21-39(11-12-39)20-46-26-7-4-8-27(46)15-29(48)14-26/h1,3,5-6,13,16-17,24-27,29,42,47-48H,4,7-12,14-15,18-21H2. The summed E-state index contributed by atoms with van der Waals surface area (Å²) in [5.74, 6) is 1.35. The van der Waals surface area contributed by atoms with Gasteiger partial charge in [0.25, 0.3) is 0 Å². The highest BCUT2D eigenvalue weighted by molar-refractivity contribution is 6.04. The number of phenols is 1. The van der Waals surface area contributed by atoms with Crippen LogP contribution in [0.4, 0.5) is 14.6 Å². The van der Waals surface area contributed by atoms with Gasteiger partial charge in [-0.15, -0.1) is 6.42 Å². The van der Waals surface area contributed by atoms with E-state index in [4.69, 9.17) is 16.1 Å². The van der Waals surface area contributed by atoms with Gasteiger partial charge < -0.3 is 25.2 Å². The molecule has 5 aliphatic rings. The number of ether oxygens (including phenoxy) is 1. The SMILES string of the molecule is C#Cc1cccc2cc(O)cc(-c3c(F)cc4c(N5CC6CCC(C5)N6)nc(OCC5(CN6C7CCCC6CC(O)C7)CC5)nc4c3F)c12. The fourth-order valence-electron chi connectivity index (χ4n) is 9.25. The highest BCUT2D eigenvalue weighted by Crippen LogP contribution is 2.49. The van der Waals surface area contributed by atoms with E-state index in [2.05, 4.69) is 26.0 Å². The molecular weight excluding hydrogens is 624 g/mol. The van der Waals surface area contributed by atoms with Gasteiger partial charge in [0, 0.05) is 71.1 Å². The molecule has 9 rings (SSSR count). The largest absolute Gasteiger partial charge is 0.508 e. The molecule has 1 aromatic heterocycles. The number of halogens is 2. The van der Waals surface area contributed by atoms with Crippen LogP contribution in [0.2, 0.25) is 0 Å². The summed E-state index contributed by atoms with van der Waals surface area (Å²) in [6.45, 7) is 2.65. The minimum atomic E-state index is -0.846. The van der Waals surface area contributed by atoms with E-state index in [0.717, 1.165) is 57.9 Å². The zero-order valence-electron chi connectivity index (χ0n) is 27.5. The number of hydrogen-bond acceptors (Lipinski definition) is 8. The molecule has 254 valence electrons. The van der Waals surface area contributed by atoms with E-state index in [0.29, 0.717) is 53.9 Å². The predicted molar refractivity (Wildman–Crippen MR) is 185 cm³/mol. The van der Waals surface area contributed by atoms with E-state index in [1.807, 2.05) is 0 Å². The number of aliphatic hydroxyl groups excluding tert-OH is 1. The van der Waals surface area contributed by atoms with Crippen molar-refractivity contribution >= 4 is 27.5 Å². The van der Waals surface area contributed by atoms with Crippen LogP contribution >= 0.6 is 0 Å². The van der Waals surface area contributed by atoms with Crippen molar-refractivity contribution in [3.8, 4) is 35.2 Å². The first-order valence-corrected chi connectivity index (χ1v) is 17.8. The van der Waals surface area contributed by atoms with Gasteiger partial charge in [-0.3, -0.25) is 4.90 Å². The van der Waals surface area contributed by atoms with Crippen molar-refractivity contribution in [1.29, 1.82) is 0 Å². The molecule has 4 bridgehead atoms. The Labute approximate surface area is 284 Å². The molecule has 4 unspecified atom stereocenters. The van der Waals surface area contributed by atoms with Crippen molar-refractivity contribution in [2.75, 3.05) is 31.1 Å². The third-order valence-corrected chi connectivity index (χ3v) is 11.8. The normalized spacial score (nSPS) is 27.4. The van der Waals surface area contributed by atoms with Crippen molar-refractivity contribution < 1.29 is 23.7 Å². The highest BCUT2D eigenvalue weighted by atomic mass is 19.1. The third kappa shape index (κ3) is 5.47. The van der Waals surface area contributed by atoms with E-state index >= 15 is 8.78 Å². The van der Waals surface area contributed by atoms with Gasteiger partial charge in [0.2, 0.25) is 0 Å². The molecule has 0 spiro atoms. The lowest BCUT2D eigenvalue weighted by Crippen LogP contribution is -2.55. The van der Waals surface area contributed by atoms with Crippen LogP contribution in [0.1, 0.15) is 63.4 Å². The van der Waals surface area contributed by atoms with Crippen molar-refractivity contribution in [3.05, 3.63) is 53.6 Å². The molecule has 5 fully saturated rings. The molecule has 5 heterocycles. The second kappa shape index (κ2) is 11.8. The number of fused-ring (bicyclic) bond motifs is 6. The molecule has 49 heavy (non-hydrogen) atoms. The summed E-state index contributed by atoms with van der Waals surface area (Å²) >= 11 is 0. The van der Waals surface area contributed by atoms with Crippen LogP contribution in [0.15, 0.2) is 36.4 Å². The Hall–Kier alpha value is -4.04. The van der Waals surface area contributed by atoms with E-state index in [1.165, 1.54) is 24.6 Å². The summed E-state index contributed by atoms with van der Waals surface area (Å²) in [5, 5.41) is 26.0. The fourth-order valence-corrected chi connectivity index (χ4v) is 9.25. The molecule has 4 saturated heterocycles. The van der Waals surface area contributed by atoms with Crippen LogP contribution in [0.25, 0.3) is 32.8 Å². The number of aromatic hydroxyl groups is 1. The van der Waals surface area contributed by atoms with Crippen LogP contribution in [-0.4, -0.2) is 81.6 Å². The Morgan fingerprint density at radius 1 is 1.02 bits per heavy atom. The Balaban J connectivity index is 1.12. The summed E-state index contributed by atoms with van der Waals surface area (Å²) < 4.78 is 39.7. The molecule has 1 aliphatic carbocycles. The Kier molecular flexibility index (Phi) is 7.45. The number of benzene rings is 3. The molecule has 4 atom stereocenters. The average molecular weight is 666 g/mol. The van der Waals surface area contributed by atoms with E-state index in [1.54, 1.807) is 18.2 Å². The quantitative estimate of drug-likeness (QED) is 0.211. The van der Waals surface area contributed by atoms with Gasteiger partial charge in [-0.2, -0.15) is 9.97 Å². The van der Waals surface area contributed by atoms with Gasteiger partial charge in [-0.1, -0.05) is 24.5 Å². The summed E-state index contributed by atoms with van der Waals surface area (Å²) in [6.07, 6.45) is 14.8. The van der Waals surface area contributed by atoms with Gasteiger partial charge >= 0.3 is 6.01 Å². The molecule has 0 amide bonds. The second-order valence-corrected chi connectivity index (χ2v) is 15.2. The maximum Gasteiger partial charge on any atom is 0.319 e. The Morgan fingerprint density at radius 2 is 1.78 bits per heavy atom. The number of anilines is 1. The van der Waals surface area contributed by atoms with Gasteiger partial charge in [-0.25, -0.2) is 8.78 Å². The molecule has 4 aliphatic heterocycles. The van der Waals surface area contributed by atoms with Gasteiger partial charge in [0.1, 0.15) is 22.9 Å². The van der Waals surface area contributed by atoms with Gasteiger partial charge in [0.15, 0.2) is 5.82 Å². The molecule has 4 aromatic rings. The molecule has 1 saturated carbocycles. The number of phenolic OH excluding ortho intramolecular Hbond substituents is 1. The molecule has 10 heteroatoms. The molecule has 3 N–H and O–H groups in total.